The zero-order valence-corrected chi connectivity index (χ0v) is 12.3. The van der Waals surface area contributed by atoms with Crippen LogP contribution in [0.2, 0.25) is 0 Å². The van der Waals surface area contributed by atoms with E-state index < -0.39 is 5.97 Å². The highest BCUT2D eigenvalue weighted by Crippen LogP contribution is 2.27. The van der Waals surface area contributed by atoms with Gasteiger partial charge in [-0.2, -0.15) is 0 Å². The van der Waals surface area contributed by atoms with E-state index in [2.05, 4.69) is 18.8 Å². The topological polar surface area (TPSA) is 69.6 Å². The van der Waals surface area contributed by atoms with Gasteiger partial charge in [0.1, 0.15) is 6.54 Å². The van der Waals surface area contributed by atoms with Gasteiger partial charge in [0.25, 0.3) is 0 Å². The van der Waals surface area contributed by atoms with E-state index in [9.17, 15) is 9.59 Å². The molecule has 20 heavy (non-hydrogen) atoms. The van der Waals surface area contributed by atoms with Crippen LogP contribution in [0.4, 0.5) is 4.79 Å². The highest BCUT2D eigenvalue weighted by molar-refractivity contribution is 5.80. The van der Waals surface area contributed by atoms with Crippen LogP contribution in [0.1, 0.15) is 45.4 Å². The molecule has 2 N–H and O–H groups in total. The van der Waals surface area contributed by atoms with E-state index in [0.29, 0.717) is 5.92 Å². The van der Waals surface area contributed by atoms with E-state index in [-0.39, 0.29) is 25.2 Å². The molecule has 114 valence electrons. The third-order valence-corrected chi connectivity index (χ3v) is 3.93. The number of rotatable bonds is 7. The third-order valence-electron chi connectivity index (χ3n) is 3.93. The average molecular weight is 282 g/mol. The fourth-order valence-electron chi connectivity index (χ4n) is 2.88. The Morgan fingerprint density at radius 1 is 1.40 bits per heavy atom. The maximum absolute atomic E-state index is 12.2. The van der Waals surface area contributed by atoms with Gasteiger partial charge in [0.15, 0.2) is 0 Å². The predicted molar refractivity (Wildman–Crippen MR) is 78.6 cm³/mol. The molecule has 1 rings (SSSR count). The number of urea groups is 1. The molecule has 0 spiro atoms. The third kappa shape index (κ3) is 5.23. The molecule has 0 aromatic heterocycles. The van der Waals surface area contributed by atoms with Crippen molar-refractivity contribution in [3.05, 3.63) is 12.7 Å². The number of aliphatic carboxylic acids is 1. The zero-order chi connectivity index (χ0) is 15.0. The molecule has 1 aliphatic carbocycles. The van der Waals surface area contributed by atoms with Gasteiger partial charge in [0, 0.05) is 12.6 Å². The van der Waals surface area contributed by atoms with Gasteiger partial charge in [-0.1, -0.05) is 32.3 Å². The molecule has 0 aliphatic heterocycles. The van der Waals surface area contributed by atoms with Gasteiger partial charge in [-0.25, -0.2) is 4.79 Å². The van der Waals surface area contributed by atoms with Crippen molar-refractivity contribution in [2.24, 2.45) is 5.92 Å². The number of carbonyl (C=O) groups is 2. The van der Waals surface area contributed by atoms with Crippen LogP contribution in [0.25, 0.3) is 0 Å². The van der Waals surface area contributed by atoms with Crippen molar-refractivity contribution in [3.8, 4) is 0 Å². The van der Waals surface area contributed by atoms with Gasteiger partial charge in [-0.05, 0) is 25.2 Å². The van der Waals surface area contributed by atoms with Crippen LogP contribution in [-0.4, -0.2) is 41.1 Å². The highest BCUT2D eigenvalue weighted by atomic mass is 16.4. The summed E-state index contributed by atoms with van der Waals surface area (Å²) in [7, 11) is 0. The van der Waals surface area contributed by atoms with Gasteiger partial charge in [0.05, 0.1) is 0 Å². The molecule has 1 unspecified atom stereocenters. The van der Waals surface area contributed by atoms with Crippen molar-refractivity contribution in [3.63, 3.8) is 0 Å². The number of nitrogens with one attached hydrogen (secondary N) is 1. The van der Waals surface area contributed by atoms with Gasteiger partial charge in [-0.15, -0.1) is 6.58 Å². The fraction of sp³-hybridized carbons (Fsp3) is 0.733. The van der Waals surface area contributed by atoms with Crippen molar-refractivity contribution in [1.82, 2.24) is 10.2 Å². The second kappa shape index (κ2) is 8.61. The maximum Gasteiger partial charge on any atom is 0.323 e. The molecule has 5 heteroatoms. The number of hydrogen-bond donors (Lipinski definition) is 2. The Kier molecular flexibility index (Phi) is 7.12. The number of hydrogen-bond acceptors (Lipinski definition) is 2. The van der Waals surface area contributed by atoms with Crippen LogP contribution in [0.3, 0.4) is 0 Å². The number of carbonyl (C=O) groups excluding carboxylic acids is 1. The molecule has 1 atom stereocenters. The molecule has 0 bridgehead atoms. The van der Waals surface area contributed by atoms with Crippen molar-refractivity contribution in [2.75, 3.05) is 13.1 Å². The van der Waals surface area contributed by atoms with Gasteiger partial charge in [-0.3, -0.25) is 4.79 Å². The predicted octanol–water partition coefficient (Wildman–Crippen LogP) is 2.63. The van der Waals surface area contributed by atoms with E-state index >= 15 is 0 Å². The maximum atomic E-state index is 12.2. The highest BCUT2D eigenvalue weighted by Gasteiger charge is 2.25. The van der Waals surface area contributed by atoms with E-state index in [1.54, 1.807) is 6.08 Å². The smallest absolute Gasteiger partial charge is 0.323 e. The molecular formula is C15H26N2O3. The first-order chi connectivity index (χ1) is 9.58. The Morgan fingerprint density at radius 3 is 2.55 bits per heavy atom. The molecule has 1 fully saturated rings. The minimum atomic E-state index is -1.01. The van der Waals surface area contributed by atoms with Crippen molar-refractivity contribution in [2.45, 2.75) is 51.5 Å². The number of nitrogens with zero attached hydrogens (tertiary/aromatic N) is 1. The first kappa shape index (κ1) is 16.5. The van der Waals surface area contributed by atoms with Crippen LogP contribution in [0.15, 0.2) is 12.7 Å². The molecule has 5 nitrogen and oxygen atoms in total. The fourth-order valence-corrected chi connectivity index (χ4v) is 2.88. The molecule has 1 aliphatic rings. The second-order valence-electron chi connectivity index (χ2n) is 5.43. The lowest BCUT2D eigenvalue weighted by atomic mass is 9.83. The Morgan fingerprint density at radius 2 is 2.05 bits per heavy atom. The lowest BCUT2D eigenvalue weighted by molar-refractivity contribution is -0.137. The van der Waals surface area contributed by atoms with E-state index in [4.69, 9.17) is 5.11 Å². The second-order valence-corrected chi connectivity index (χ2v) is 5.43. The summed E-state index contributed by atoms with van der Waals surface area (Å²) in [4.78, 5) is 24.3. The lowest BCUT2D eigenvalue weighted by Gasteiger charge is -2.32. The monoisotopic (exact) mass is 282 g/mol. The van der Waals surface area contributed by atoms with E-state index in [1.807, 2.05) is 0 Å². The van der Waals surface area contributed by atoms with Crippen LogP contribution >= 0.6 is 0 Å². The van der Waals surface area contributed by atoms with Crippen LogP contribution in [0.5, 0.6) is 0 Å². The Balaban J connectivity index is 2.58. The first-order valence-electron chi connectivity index (χ1n) is 7.46. The Labute approximate surface area is 121 Å². The van der Waals surface area contributed by atoms with Crippen molar-refractivity contribution in [1.29, 1.82) is 0 Å². The molecule has 0 heterocycles. The van der Waals surface area contributed by atoms with Gasteiger partial charge >= 0.3 is 12.0 Å². The normalized spacial score (nSPS) is 17.2. The van der Waals surface area contributed by atoms with Gasteiger partial charge < -0.3 is 15.3 Å². The Hall–Kier alpha value is -1.52. The lowest BCUT2D eigenvalue weighted by Crippen LogP contribution is -2.49. The summed E-state index contributed by atoms with van der Waals surface area (Å²) in [5.74, 6) is -0.485. The summed E-state index contributed by atoms with van der Waals surface area (Å²) in [6.45, 7) is 5.59. The molecule has 0 aromatic rings. The number of amides is 2. The standard InChI is InChI=1S/C15H26N2O3/c1-3-10-17(11-14(18)19)15(20)16-13(4-2)12-8-6-5-7-9-12/h3,12-13H,1,4-11H2,2H3,(H,16,20)(H,18,19). The zero-order valence-electron chi connectivity index (χ0n) is 12.3. The minimum absolute atomic E-state index is 0.143. The van der Waals surface area contributed by atoms with Crippen LogP contribution in [0, 0.1) is 5.92 Å². The molecule has 0 saturated heterocycles. The summed E-state index contributed by atoms with van der Waals surface area (Å²) < 4.78 is 0. The summed E-state index contributed by atoms with van der Waals surface area (Å²) >= 11 is 0. The summed E-state index contributed by atoms with van der Waals surface area (Å²) in [6.07, 6.45) is 8.46. The first-order valence-corrected chi connectivity index (χ1v) is 7.46. The van der Waals surface area contributed by atoms with Crippen molar-refractivity contribution >= 4 is 12.0 Å². The van der Waals surface area contributed by atoms with Crippen LogP contribution in [-0.2, 0) is 4.79 Å². The summed E-state index contributed by atoms with van der Waals surface area (Å²) in [6, 6.07) is -0.159. The summed E-state index contributed by atoms with van der Waals surface area (Å²) in [5.41, 5.74) is 0. The number of carboxylic acid groups (broad SMARTS) is 1. The SMILES string of the molecule is C=CCN(CC(=O)O)C(=O)NC(CC)C1CCCCC1. The summed E-state index contributed by atoms with van der Waals surface area (Å²) in [5, 5.41) is 11.8. The molecule has 2 amide bonds. The quantitative estimate of drug-likeness (QED) is 0.705. The van der Waals surface area contributed by atoms with E-state index in [1.165, 1.54) is 24.2 Å². The number of carboxylic acids is 1. The largest absolute Gasteiger partial charge is 0.480 e. The molecule has 1 saturated carbocycles. The molecule has 0 aromatic carbocycles. The minimum Gasteiger partial charge on any atom is -0.480 e. The Bertz CT molecular complexity index is 338. The van der Waals surface area contributed by atoms with Gasteiger partial charge in [0.2, 0.25) is 0 Å². The average Bonchev–Trinajstić information content (AvgIpc) is 2.44. The molecule has 0 radical (unpaired) electrons. The molecular weight excluding hydrogens is 256 g/mol. The van der Waals surface area contributed by atoms with E-state index in [0.717, 1.165) is 19.3 Å². The van der Waals surface area contributed by atoms with Crippen LogP contribution < -0.4 is 5.32 Å². The van der Waals surface area contributed by atoms with Crippen molar-refractivity contribution < 1.29 is 14.7 Å².